The van der Waals surface area contributed by atoms with Gasteiger partial charge in [0.1, 0.15) is 0 Å². The number of aromatic nitrogens is 3. The Bertz CT molecular complexity index is 523. The summed E-state index contributed by atoms with van der Waals surface area (Å²) in [4.78, 5) is 4.60. The SMILES string of the molecule is Cc1ccn(-c2cccc(CNC(C)(C)C)n2)n1. The molecule has 0 unspecified atom stereocenters. The second-order valence-corrected chi connectivity index (χ2v) is 5.49. The molecule has 0 fully saturated rings. The van der Waals surface area contributed by atoms with Crippen molar-refractivity contribution in [3.8, 4) is 5.82 Å². The third kappa shape index (κ3) is 3.40. The van der Waals surface area contributed by atoms with Gasteiger partial charge >= 0.3 is 0 Å². The number of hydrogen-bond donors (Lipinski definition) is 1. The van der Waals surface area contributed by atoms with Crippen LogP contribution < -0.4 is 5.32 Å². The summed E-state index contributed by atoms with van der Waals surface area (Å²) in [5.74, 6) is 0.858. The highest BCUT2D eigenvalue weighted by Gasteiger charge is 2.09. The molecule has 0 radical (unpaired) electrons. The fourth-order valence-corrected chi connectivity index (χ4v) is 1.59. The van der Waals surface area contributed by atoms with Crippen molar-refractivity contribution in [3.63, 3.8) is 0 Å². The molecule has 2 aromatic rings. The monoisotopic (exact) mass is 244 g/mol. The number of hydrogen-bond acceptors (Lipinski definition) is 3. The lowest BCUT2D eigenvalue weighted by atomic mass is 10.1. The maximum Gasteiger partial charge on any atom is 0.153 e. The largest absolute Gasteiger partial charge is 0.306 e. The van der Waals surface area contributed by atoms with E-state index < -0.39 is 0 Å². The van der Waals surface area contributed by atoms with Crippen LogP contribution in [0.25, 0.3) is 5.82 Å². The number of aryl methyl sites for hydroxylation is 1. The van der Waals surface area contributed by atoms with Crippen LogP contribution in [0.2, 0.25) is 0 Å². The van der Waals surface area contributed by atoms with E-state index in [0.717, 1.165) is 23.8 Å². The molecule has 4 heteroatoms. The van der Waals surface area contributed by atoms with Crippen LogP contribution in [0.15, 0.2) is 30.5 Å². The van der Waals surface area contributed by atoms with Crippen molar-refractivity contribution in [3.05, 3.63) is 41.9 Å². The fourth-order valence-electron chi connectivity index (χ4n) is 1.59. The van der Waals surface area contributed by atoms with Crippen LogP contribution in [-0.4, -0.2) is 20.3 Å². The lowest BCUT2D eigenvalue weighted by molar-refractivity contribution is 0.421. The Hall–Kier alpha value is -1.68. The highest BCUT2D eigenvalue weighted by Crippen LogP contribution is 2.07. The van der Waals surface area contributed by atoms with Crippen molar-refractivity contribution in [2.45, 2.75) is 39.8 Å². The molecule has 1 N–H and O–H groups in total. The number of rotatable bonds is 3. The topological polar surface area (TPSA) is 42.7 Å². The normalized spacial score (nSPS) is 11.8. The molecule has 96 valence electrons. The summed E-state index contributed by atoms with van der Waals surface area (Å²) in [6, 6.07) is 7.98. The van der Waals surface area contributed by atoms with E-state index in [4.69, 9.17) is 0 Å². The summed E-state index contributed by atoms with van der Waals surface area (Å²) in [6.45, 7) is 9.17. The lowest BCUT2D eigenvalue weighted by Gasteiger charge is -2.20. The summed E-state index contributed by atoms with van der Waals surface area (Å²) in [5.41, 5.74) is 2.12. The predicted molar refractivity (Wildman–Crippen MR) is 72.7 cm³/mol. The van der Waals surface area contributed by atoms with E-state index in [-0.39, 0.29) is 5.54 Å². The molecule has 0 aliphatic heterocycles. The smallest absolute Gasteiger partial charge is 0.153 e. The van der Waals surface area contributed by atoms with Gasteiger partial charge < -0.3 is 5.32 Å². The van der Waals surface area contributed by atoms with Crippen LogP contribution in [0.1, 0.15) is 32.2 Å². The minimum Gasteiger partial charge on any atom is -0.306 e. The molecule has 0 aliphatic rings. The van der Waals surface area contributed by atoms with Gasteiger partial charge in [0.25, 0.3) is 0 Å². The molecular weight excluding hydrogens is 224 g/mol. The van der Waals surface area contributed by atoms with Gasteiger partial charge in [0, 0.05) is 18.3 Å². The van der Waals surface area contributed by atoms with Crippen LogP contribution in [0.3, 0.4) is 0 Å². The number of nitrogens with one attached hydrogen (secondary N) is 1. The zero-order valence-electron chi connectivity index (χ0n) is 11.4. The Morgan fingerprint density at radius 2 is 2.00 bits per heavy atom. The summed E-state index contributed by atoms with van der Waals surface area (Å²) >= 11 is 0. The van der Waals surface area contributed by atoms with Crippen molar-refractivity contribution in [2.75, 3.05) is 0 Å². The van der Waals surface area contributed by atoms with Gasteiger partial charge in [-0.2, -0.15) is 5.10 Å². The Balaban J connectivity index is 2.15. The second kappa shape index (κ2) is 4.90. The van der Waals surface area contributed by atoms with Gasteiger partial charge in [0.2, 0.25) is 0 Å². The van der Waals surface area contributed by atoms with Crippen LogP contribution >= 0.6 is 0 Å². The van der Waals surface area contributed by atoms with E-state index in [1.807, 2.05) is 37.4 Å². The fraction of sp³-hybridized carbons (Fsp3) is 0.429. The van der Waals surface area contributed by atoms with Crippen LogP contribution in [-0.2, 0) is 6.54 Å². The van der Waals surface area contributed by atoms with Gasteiger partial charge in [-0.05, 0) is 45.9 Å². The highest BCUT2D eigenvalue weighted by atomic mass is 15.3. The maximum atomic E-state index is 4.60. The maximum absolute atomic E-state index is 4.60. The standard InChI is InChI=1S/C14H20N4/c1-11-8-9-18(17-11)13-7-5-6-12(16-13)10-15-14(2,3)4/h5-9,15H,10H2,1-4H3. The molecule has 0 saturated heterocycles. The average Bonchev–Trinajstić information content (AvgIpc) is 2.73. The highest BCUT2D eigenvalue weighted by molar-refractivity contribution is 5.24. The molecule has 0 amide bonds. The van der Waals surface area contributed by atoms with Crippen LogP contribution in [0.5, 0.6) is 0 Å². The van der Waals surface area contributed by atoms with Gasteiger partial charge in [-0.3, -0.25) is 0 Å². The number of nitrogens with zero attached hydrogens (tertiary/aromatic N) is 3. The van der Waals surface area contributed by atoms with Gasteiger partial charge in [-0.1, -0.05) is 6.07 Å². The van der Waals surface area contributed by atoms with Gasteiger partial charge in [0.05, 0.1) is 11.4 Å². The van der Waals surface area contributed by atoms with E-state index in [1.165, 1.54) is 0 Å². The van der Waals surface area contributed by atoms with E-state index in [0.29, 0.717) is 0 Å². The van der Waals surface area contributed by atoms with E-state index in [2.05, 4.69) is 36.2 Å². The summed E-state index contributed by atoms with van der Waals surface area (Å²) in [7, 11) is 0. The second-order valence-electron chi connectivity index (χ2n) is 5.49. The molecule has 0 bridgehead atoms. The number of pyridine rings is 1. The molecule has 2 aromatic heterocycles. The van der Waals surface area contributed by atoms with Crippen molar-refractivity contribution < 1.29 is 0 Å². The Kier molecular flexibility index (Phi) is 3.48. The Morgan fingerprint density at radius 3 is 2.61 bits per heavy atom. The third-order valence-corrected chi connectivity index (χ3v) is 2.55. The molecule has 0 spiro atoms. The molecule has 2 rings (SSSR count). The zero-order chi connectivity index (χ0) is 13.2. The van der Waals surface area contributed by atoms with E-state index in [1.54, 1.807) is 4.68 Å². The molecule has 18 heavy (non-hydrogen) atoms. The van der Waals surface area contributed by atoms with Crippen molar-refractivity contribution in [1.82, 2.24) is 20.1 Å². The quantitative estimate of drug-likeness (QED) is 0.902. The van der Waals surface area contributed by atoms with Gasteiger partial charge in [-0.25, -0.2) is 9.67 Å². The molecule has 0 saturated carbocycles. The minimum absolute atomic E-state index is 0.0972. The van der Waals surface area contributed by atoms with Crippen LogP contribution in [0.4, 0.5) is 0 Å². The Labute approximate surface area is 108 Å². The first-order chi connectivity index (χ1) is 8.44. The van der Waals surface area contributed by atoms with Crippen molar-refractivity contribution in [1.29, 1.82) is 0 Å². The first kappa shape index (κ1) is 12.8. The summed E-state index contributed by atoms with van der Waals surface area (Å²) in [6.07, 6.45) is 1.93. The average molecular weight is 244 g/mol. The first-order valence-corrected chi connectivity index (χ1v) is 6.18. The molecule has 4 nitrogen and oxygen atoms in total. The first-order valence-electron chi connectivity index (χ1n) is 6.18. The molecule has 0 aliphatic carbocycles. The van der Waals surface area contributed by atoms with Crippen molar-refractivity contribution in [2.24, 2.45) is 0 Å². The van der Waals surface area contributed by atoms with E-state index in [9.17, 15) is 0 Å². The summed E-state index contributed by atoms with van der Waals surface area (Å²) < 4.78 is 1.80. The predicted octanol–water partition coefficient (Wildman–Crippen LogP) is 2.46. The molecule has 2 heterocycles. The van der Waals surface area contributed by atoms with Gasteiger partial charge in [-0.15, -0.1) is 0 Å². The minimum atomic E-state index is 0.0972. The van der Waals surface area contributed by atoms with Crippen LogP contribution in [0, 0.1) is 6.92 Å². The third-order valence-electron chi connectivity index (χ3n) is 2.55. The zero-order valence-corrected chi connectivity index (χ0v) is 11.4. The van der Waals surface area contributed by atoms with Gasteiger partial charge in [0.15, 0.2) is 5.82 Å². The molecule has 0 atom stereocenters. The lowest BCUT2D eigenvalue weighted by Crippen LogP contribution is -2.35. The summed E-state index contributed by atoms with van der Waals surface area (Å²) in [5, 5.41) is 7.79. The molecular formula is C14H20N4. The van der Waals surface area contributed by atoms with E-state index >= 15 is 0 Å². The van der Waals surface area contributed by atoms with Crippen molar-refractivity contribution >= 4 is 0 Å². The Morgan fingerprint density at radius 1 is 1.22 bits per heavy atom. The molecule has 0 aromatic carbocycles.